The van der Waals surface area contributed by atoms with Crippen molar-refractivity contribution in [3.05, 3.63) is 182 Å². The smallest absolute Gasteiger partial charge is 0.166 e. The van der Waals surface area contributed by atoms with E-state index in [-0.39, 0.29) is 61.7 Å². The zero-order valence-electron chi connectivity index (χ0n) is 42.3. The minimum atomic E-state index is -0.773. The molecule has 7 aromatic carbocycles. The van der Waals surface area contributed by atoms with Gasteiger partial charge in [0.25, 0.3) is 0 Å². The Labute approximate surface area is 308 Å². The fourth-order valence-corrected chi connectivity index (χ4v) is 5.73. The Bertz CT molecular complexity index is 3400. The molecule has 9 aromatic rings. The normalized spacial score (nSPS) is 16.1. The maximum absolute atomic E-state index is 9.72. The second kappa shape index (κ2) is 12.2. The molecule has 4 heteroatoms. The fourth-order valence-electron chi connectivity index (χ4n) is 5.73. The van der Waals surface area contributed by atoms with Crippen molar-refractivity contribution in [3.63, 3.8) is 0 Å². The lowest BCUT2D eigenvalue weighted by Gasteiger charge is -2.18. The van der Waals surface area contributed by atoms with Gasteiger partial charge in [0.1, 0.15) is 0 Å². The van der Waals surface area contributed by atoms with Gasteiger partial charge in [0, 0.05) is 21.9 Å². The van der Waals surface area contributed by atoms with Crippen LogP contribution in [0.2, 0.25) is 0 Å². The summed E-state index contributed by atoms with van der Waals surface area (Å²) in [7, 11) is 0. The molecule has 0 bridgehead atoms. The molecule has 0 atom stereocenters. The molecule has 0 saturated carbocycles. The van der Waals surface area contributed by atoms with E-state index in [1.165, 1.54) is 22.8 Å². The van der Waals surface area contributed by atoms with Gasteiger partial charge in [-0.2, -0.15) is 0 Å². The third-order valence-corrected chi connectivity index (χ3v) is 7.88. The van der Waals surface area contributed by atoms with Crippen LogP contribution in [0.3, 0.4) is 0 Å². The van der Waals surface area contributed by atoms with Crippen LogP contribution in [0.25, 0.3) is 83.9 Å². The van der Waals surface area contributed by atoms with E-state index in [4.69, 9.17) is 32.8 Å². The average molecular weight is 644 g/mol. The van der Waals surface area contributed by atoms with Crippen molar-refractivity contribution in [2.75, 3.05) is 0 Å². The summed E-state index contributed by atoms with van der Waals surface area (Å²) < 4.78 is 152. The Morgan fingerprint density at radius 2 is 0.939 bits per heavy atom. The summed E-state index contributed by atoms with van der Waals surface area (Å²) in [6, 6.07) is 10.2. The molecular formula is C45H30N4. The highest BCUT2D eigenvalue weighted by Crippen LogP contribution is 2.41. The summed E-state index contributed by atoms with van der Waals surface area (Å²) in [4.78, 5) is 14.6. The lowest BCUT2D eigenvalue weighted by molar-refractivity contribution is 1.06. The van der Waals surface area contributed by atoms with E-state index in [9.17, 15) is 5.48 Å². The topological polar surface area (TPSA) is 43.6 Å². The SMILES string of the molecule is [2H]c1c([2H])c([2H])c(-c2c([2H])c([2H])c([2H])c(-c3cccc(-n4c5c([2H])c([2H])c([2H])c([2H])c5c5c([2H])c([2H])c([2H])c([2H])c54)c3-c3nc(-c4ccccc4)nc(-c4ccccc4)n3)c2[2H])c([2H])c1[2H]. The Hall–Kier alpha value is -6.65. The van der Waals surface area contributed by atoms with Gasteiger partial charge in [-0.1, -0.05) is 157 Å². The van der Waals surface area contributed by atoms with Gasteiger partial charge < -0.3 is 4.57 Å². The first-order valence-corrected chi connectivity index (χ1v) is 15.1. The largest absolute Gasteiger partial charge is 0.308 e. The van der Waals surface area contributed by atoms with Crippen molar-refractivity contribution in [3.8, 4) is 62.1 Å². The van der Waals surface area contributed by atoms with Crippen molar-refractivity contribution >= 4 is 21.8 Å². The lowest BCUT2D eigenvalue weighted by Crippen LogP contribution is -2.05. The highest BCUT2D eigenvalue weighted by atomic mass is 15.1. The van der Waals surface area contributed by atoms with Gasteiger partial charge >= 0.3 is 0 Å². The summed E-state index contributed by atoms with van der Waals surface area (Å²) >= 11 is 0. The summed E-state index contributed by atoms with van der Waals surface area (Å²) in [6.07, 6.45) is 0. The molecule has 0 spiro atoms. The minimum absolute atomic E-state index is 0.0728. The van der Waals surface area contributed by atoms with E-state index in [1.807, 2.05) is 0 Å². The number of rotatable bonds is 6. The van der Waals surface area contributed by atoms with Gasteiger partial charge in [-0.3, -0.25) is 0 Å². The molecule has 9 rings (SSSR count). The van der Waals surface area contributed by atoms with E-state index in [0.29, 0.717) is 11.1 Å². The number of aromatic nitrogens is 4. The van der Waals surface area contributed by atoms with Crippen LogP contribution >= 0.6 is 0 Å². The van der Waals surface area contributed by atoms with Gasteiger partial charge in [-0.05, 0) is 46.4 Å². The average Bonchev–Trinajstić information content (AvgIpc) is 3.70. The van der Waals surface area contributed by atoms with Gasteiger partial charge in [-0.25, -0.2) is 15.0 Å². The predicted molar refractivity (Wildman–Crippen MR) is 201 cm³/mol. The first-order valence-electron chi connectivity index (χ1n) is 23.6. The first kappa shape index (κ1) is 16.0. The Morgan fingerprint density at radius 1 is 0.408 bits per heavy atom. The van der Waals surface area contributed by atoms with Gasteiger partial charge in [0.15, 0.2) is 17.5 Å². The van der Waals surface area contributed by atoms with Crippen LogP contribution in [-0.4, -0.2) is 19.5 Å². The van der Waals surface area contributed by atoms with Crippen molar-refractivity contribution in [1.82, 2.24) is 19.5 Å². The van der Waals surface area contributed by atoms with Crippen molar-refractivity contribution in [1.29, 1.82) is 0 Å². The summed E-state index contributed by atoms with van der Waals surface area (Å²) in [6.45, 7) is 0. The highest BCUT2D eigenvalue weighted by molar-refractivity contribution is 6.10. The molecular weight excluding hydrogens is 597 g/mol. The number of hydrogen-bond donors (Lipinski definition) is 0. The molecule has 0 radical (unpaired) electrons. The molecule has 0 fully saturated rings. The number of fused-ring (bicyclic) bond motifs is 3. The third-order valence-electron chi connectivity index (χ3n) is 7.88. The zero-order valence-corrected chi connectivity index (χ0v) is 25.3. The Balaban J connectivity index is 1.54. The monoisotopic (exact) mass is 643 g/mol. The number of benzene rings is 7. The van der Waals surface area contributed by atoms with Crippen molar-refractivity contribution < 1.29 is 23.3 Å². The van der Waals surface area contributed by atoms with E-state index in [2.05, 4.69) is 0 Å². The van der Waals surface area contributed by atoms with Crippen LogP contribution in [0, 0.1) is 0 Å². The van der Waals surface area contributed by atoms with E-state index in [0.717, 1.165) is 0 Å². The molecule has 4 nitrogen and oxygen atoms in total. The zero-order chi connectivity index (χ0) is 47.4. The maximum atomic E-state index is 9.72. The molecule has 0 saturated heterocycles. The molecule has 2 heterocycles. The molecule has 230 valence electrons. The van der Waals surface area contributed by atoms with Crippen LogP contribution in [0.1, 0.15) is 23.3 Å². The quantitative estimate of drug-likeness (QED) is 0.181. The molecule has 49 heavy (non-hydrogen) atoms. The molecule has 0 aliphatic rings. The predicted octanol–water partition coefficient (Wildman–Crippen LogP) is 11.3. The Kier molecular flexibility index (Phi) is 3.97. The molecule has 0 amide bonds. The number of nitrogens with zero attached hydrogens (tertiary/aromatic N) is 4. The van der Waals surface area contributed by atoms with Gasteiger partial charge in [0.2, 0.25) is 0 Å². The molecule has 2 aromatic heterocycles. The maximum Gasteiger partial charge on any atom is 0.166 e. The summed E-state index contributed by atoms with van der Waals surface area (Å²) in [5.41, 5.74) is -1.25. The number of para-hydroxylation sites is 2. The molecule has 0 unspecified atom stereocenters. The van der Waals surface area contributed by atoms with Crippen LogP contribution in [0.4, 0.5) is 0 Å². The van der Waals surface area contributed by atoms with Crippen LogP contribution in [0.15, 0.2) is 182 Å². The van der Waals surface area contributed by atoms with Gasteiger partial charge in [-0.15, -0.1) is 0 Å². The first-order chi connectivity index (χ1) is 31.4. The van der Waals surface area contributed by atoms with Crippen molar-refractivity contribution in [2.45, 2.75) is 0 Å². The van der Waals surface area contributed by atoms with E-state index < -0.39 is 114 Å². The van der Waals surface area contributed by atoms with Gasteiger partial charge in [0.05, 0.1) is 45.6 Å². The molecule has 0 N–H and O–H groups in total. The van der Waals surface area contributed by atoms with E-state index >= 15 is 0 Å². The van der Waals surface area contributed by atoms with Crippen LogP contribution in [0.5, 0.6) is 0 Å². The molecule has 0 aliphatic heterocycles. The minimum Gasteiger partial charge on any atom is -0.308 e. The van der Waals surface area contributed by atoms with Crippen molar-refractivity contribution in [2.24, 2.45) is 0 Å². The second-order valence-corrected chi connectivity index (χ2v) is 10.8. The highest BCUT2D eigenvalue weighted by Gasteiger charge is 2.22. The number of hydrogen-bond acceptors (Lipinski definition) is 3. The molecule has 0 aliphatic carbocycles. The Morgan fingerprint density at radius 3 is 1.57 bits per heavy atom. The lowest BCUT2D eigenvalue weighted by atomic mass is 9.94. The third kappa shape index (κ3) is 5.16. The van der Waals surface area contributed by atoms with E-state index in [1.54, 1.807) is 60.7 Å². The summed E-state index contributed by atoms with van der Waals surface area (Å²) in [5.74, 6) is 0.0894. The summed E-state index contributed by atoms with van der Waals surface area (Å²) in [5, 5.41) is -0.467. The standard InChI is InChI=1S/C45H30N4/c1-4-16-31(17-5-1)34-22-14-23-35(30-34)36-26-15-29-41(49-39-27-12-10-24-37(39)38-25-11-13-28-40(38)49)42(36)45-47-43(32-18-6-2-7-19-32)46-44(48-45)33-20-8-3-9-21-33/h1-30H/i1D,4D,5D,10D,11D,12D,13D,14D,16D,17D,22D,23D,24D,25D,27D,28D,30D. The second-order valence-electron chi connectivity index (χ2n) is 10.8. The van der Waals surface area contributed by atoms with Crippen LogP contribution < -0.4 is 0 Å². The fraction of sp³-hybridized carbons (Fsp3) is 0. The van der Waals surface area contributed by atoms with Crippen LogP contribution in [-0.2, 0) is 0 Å².